The van der Waals surface area contributed by atoms with Crippen molar-refractivity contribution in [2.45, 2.75) is 51.1 Å². The van der Waals surface area contributed by atoms with E-state index in [0.717, 1.165) is 23.8 Å². The van der Waals surface area contributed by atoms with Crippen LogP contribution in [0, 0.1) is 5.92 Å². The molecule has 0 radical (unpaired) electrons. The van der Waals surface area contributed by atoms with Crippen molar-refractivity contribution >= 4 is 17.4 Å². The first-order valence-corrected chi connectivity index (χ1v) is 7.78. The van der Waals surface area contributed by atoms with Gasteiger partial charge in [-0.05, 0) is 43.2 Å². The number of rotatable bonds is 2. The molecule has 1 aromatic rings. The lowest BCUT2D eigenvalue weighted by Crippen LogP contribution is -2.47. The molecular formula is C15H22ClN3. The normalized spacial score (nSPS) is 27.2. The van der Waals surface area contributed by atoms with Gasteiger partial charge in [0, 0.05) is 25.3 Å². The zero-order valence-electron chi connectivity index (χ0n) is 11.3. The van der Waals surface area contributed by atoms with Crippen molar-refractivity contribution in [3.05, 3.63) is 22.8 Å². The van der Waals surface area contributed by atoms with E-state index < -0.39 is 0 Å². The first-order chi connectivity index (χ1) is 9.29. The lowest BCUT2D eigenvalue weighted by Gasteiger charge is -2.44. The zero-order valence-corrected chi connectivity index (χ0v) is 12.1. The Morgan fingerprint density at radius 2 is 2.05 bits per heavy atom. The minimum Gasteiger partial charge on any atom is -0.353 e. The highest BCUT2D eigenvalue weighted by Gasteiger charge is 2.33. The van der Waals surface area contributed by atoms with Gasteiger partial charge in [-0.2, -0.15) is 0 Å². The highest BCUT2D eigenvalue weighted by molar-refractivity contribution is 6.31. The topological polar surface area (TPSA) is 42.1 Å². The average molecular weight is 280 g/mol. The third kappa shape index (κ3) is 2.59. The Labute approximate surface area is 120 Å². The standard InChI is InChI=1S/C15H22ClN3/c16-13-10-18-15(8-12(13)9-17)19-7-3-5-11-4-1-2-6-14(11)19/h8,10-11,14H,1-7,9,17H2. The maximum absolute atomic E-state index is 6.11. The van der Waals surface area contributed by atoms with E-state index in [2.05, 4.69) is 16.0 Å². The predicted octanol–water partition coefficient (Wildman–Crippen LogP) is 3.35. The molecule has 3 nitrogen and oxygen atoms in total. The summed E-state index contributed by atoms with van der Waals surface area (Å²) in [7, 11) is 0. The monoisotopic (exact) mass is 279 g/mol. The van der Waals surface area contributed by atoms with Gasteiger partial charge in [0.2, 0.25) is 0 Å². The number of pyridine rings is 1. The van der Waals surface area contributed by atoms with Crippen molar-refractivity contribution in [2.75, 3.05) is 11.4 Å². The summed E-state index contributed by atoms with van der Waals surface area (Å²) in [6, 6.07) is 2.76. The molecule has 2 N–H and O–H groups in total. The van der Waals surface area contributed by atoms with Crippen LogP contribution in [0.2, 0.25) is 5.02 Å². The maximum Gasteiger partial charge on any atom is 0.129 e. The molecule has 1 saturated carbocycles. The van der Waals surface area contributed by atoms with E-state index in [4.69, 9.17) is 17.3 Å². The first kappa shape index (κ1) is 13.2. The molecule has 2 heterocycles. The predicted molar refractivity (Wildman–Crippen MR) is 79.5 cm³/mol. The molecule has 0 bridgehead atoms. The highest BCUT2D eigenvalue weighted by Crippen LogP contribution is 2.37. The number of nitrogens with zero attached hydrogens (tertiary/aromatic N) is 2. The van der Waals surface area contributed by atoms with Gasteiger partial charge in [0.1, 0.15) is 5.82 Å². The van der Waals surface area contributed by atoms with Crippen LogP contribution in [-0.4, -0.2) is 17.6 Å². The molecule has 3 rings (SSSR count). The largest absolute Gasteiger partial charge is 0.353 e. The molecule has 2 aliphatic rings. The summed E-state index contributed by atoms with van der Waals surface area (Å²) in [6.45, 7) is 1.61. The second kappa shape index (κ2) is 5.68. The number of halogens is 1. The van der Waals surface area contributed by atoms with Gasteiger partial charge < -0.3 is 10.6 Å². The summed E-state index contributed by atoms with van der Waals surface area (Å²) >= 11 is 6.11. The van der Waals surface area contributed by atoms with Crippen LogP contribution in [-0.2, 0) is 6.54 Å². The molecule has 19 heavy (non-hydrogen) atoms. The lowest BCUT2D eigenvalue weighted by atomic mass is 9.78. The van der Waals surface area contributed by atoms with Crippen LogP contribution in [0.15, 0.2) is 12.3 Å². The minimum absolute atomic E-state index is 0.482. The second-order valence-electron chi connectivity index (χ2n) is 5.79. The number of anilines is 1. The average Bonchev–Trinajstić information content (AvgIpc) is 2.47. The molecular weight excluding hydrogens is 258 g/mol. The molecule has 2 atom stereocenters. The van der Waals surface area contributed by atoms with Crippen molar-refractivity contribution < 1.29 is 0 Å². The van der Waals surface area contributed by atoms with E-state index in [1.807, 2.05) is 0 Å². The van der Waals surface area contributed by atoms with Gasteiger partial charge in [0.15, 0.2) is 0 Å². The zero-order chi connectivity index (χ0) is 13.2. The second-order valence-corrected chi connectivity index (χ2v) is 6.19. The number of hydrogen-bond donors (Lipinski definition) is 1. The van der Waals surface area contributed by atoms with E-state index in [9.17, 15) is 0 Å². The van der Waals surface area contributed by atoms with Crippen LogP contribution < -0.4 is 10.6 Å². The lowest BCUT2D eigenvalue weighted by molar-refractivity contribution is 0.242. The Bertz CT molecular complexity index is 447. The van der Waals surface area contributed by atoms with Crippen molar-refractivity contribution in [1.82, 2.24) is 4.98 Å². The van der Waals surface area contributed by atoms with Crippen LogP contribution in [0.3, 0.4) is 0 Å². The Hall–Kier alpha value is -0.800. The van der Waals surface area contributed by atoms with Crippen molar-refractivity contribution in [3.63, 3.8) is 0 Å². The summed E-state index contributed by atoms with van der Waals surface area (Å²) < 4.78 is 0. The number of fused-ring (bicyclic) bond motifs is 1. The van der Waals surface area contributed by atoms with Crippen molar-refractivity contribution in [3.8, 4) is 0 Å². The van der Waals surface area contributed by atoms with E-state index >= 15 is 0 Å². The number of piperidine rings is 1. The Balaban J connectivity index is 1.87. The van der Waals surface area contributed by atoms with Crippen LogP contribution in [0.4, 0.5) is 5.82 Å². The number of nitrogens with two attached hydrogens (primary N) is 1. The Kier molecular flexibility index (Phi) is 3.94. The molecule has 1 saturated heterocycles. The number of hydrogen-bond acceptors (Lipinski definition) is 3. The quantitative estimate of drug-likeness (QED) is 0.903. The maximum atomic E-state index is 6.11. The van der Waals surface area contributed by atoms with E-state index in [0.29, 0.717) is 17.6 Å². The molecule has 0 amide bonds. The summed E-state index contributed by atoms with van der Waals surface area (Å²) in [5, 5.41) is 0.684. The third-order valence-corrected chi connectivity index (χ3v) is 5.02. The van der Waals surface area contributed by atoms with Crippen LogP contribution in [0.5, 0.6) is 0 Å². The van der Waals surface area contributed by atoms with E-state index in [1.165, 1.54) is 38.5 Å². The van der Waals surface area contributed by atoms with Crippen molar-refractivity contribution in [1.29, 1.82) is 0 Å². The fourth-order valence-electron chi connectivity index (χ4n) is 3.69. The Morgan fingerprint density at radius 3 is 2.89 bits per heavy atom. The smallest absolute Gasteiger partial charge is 0.129 e. The molecule has 1 aliphatic carbocycles. The molecule has 2 fully saturated rings. The molecule has 0 aromatic carbocycles. The molecule has 1 aliphatic heterocycles. The van der Waals surface area contributed by atoms with Crippen molar-refractivity contribution in [2.24, 2.45) is 11.7 Å². The summed E-state index contributed by atoms with van der Waals surface area (Å²) in [5.41, 5.74) is 6.75. The van der Waals surface area contributed by atoms with Gasteiger partial charge in [-0.15, -0.1) is 0 Å². The van der Waals surface area contributed by atoms with Gasteiger partial charge >= 0.3 is 0 Å². The number of aromatic nitrogens is 1. The molecule has 2 unspecified atom stereocenters. The Morgan fingerprint density at radius 1 is 1.26 bits per heavy atom. The van der Waals surface area contributed by atoms with Gasteiger partial charge in [-0.25, -0.2) is 4.98 Å². The summed E-state index contributed by atoms with van der Waals surface area (Å²) in [4.78, 5) is 7.04. The highest BCUT2D eigenvalue weighted by atomic mass is 35.5. The van der Waals surface area contributed by atoms with Crippen LogP contribution >= 0.6 is 11.6 Å². The third-order valence-electron chi connectivity index (χ3n) is 4.68. The van der Waals surface area contributed by atoms with E-state index in [-0.39, 0.29) is 0 Å². The molecule has 1 aromatic heterocycles. The van der Waals surface area contributed by atoms with Gasteiger partial charge in [0.25, 0.3) is 0 Å². The fourth-order valence-corrected chi connectivity index (χ4v) is 3.87. The van der Waals surface area contributed by atoms with Crippen LogP contribution in [0.1, 0.15) is 44.1 Å². The van der Waals surface area contributed by atoms with Gasteiger partial charge in [0.05, 0.1) is 5.02 Å². The van der Waals surface area contributed by atoms with Crippen LogP contribution in [0.25, 0.3) is 0 Å². The van der Waals surface area contributed by atoms with Gasteiger partial charge in [-0.3, -0.25) is 0 Å². The van der Waals surface area contributed by atoms with Gasteiger partial charge in [-0.1, -0.05) is 24.4 Å². The summed E-state index contributed by atoms with van der Waals surface area (Å²) in [6.07, 6.45) is 9.88. The fraction of sp³-hybridized carbons (Fsp3) is 0.667. The minimum atomic E-state index is 0.482. The molecule has 0 spiro atoms. The SMILES string of the molecule is NCc1cc(N2CCCC3CCCCC32)ncc1Cl. The first-order valence-electron chi connectivity index (χ1n) is 7.40. The molecule has 104 valence electrons. The van der Waals surface area contributed by atoms with E-state index in [1.54, 1.807) is 6.20 Å². The molecule has 4 heteroatoms. The summed E-state index contributed by atoms with van der Waals surface area (Å²) in [5.74, 6) is 1.93.